The summed E-state index contributed by atoms with van der Waals surface area (Å²) >= 11 is 6.13. The van der Waals surface area contributed by atoms with E-state index in [1.165, 1.54) is 0 Å². The van der Waals surface area contributed by atoms with Crippen LogP contribution in [-0.2, 0) is 15.0 Å². The Labute approximate surface area is 135 Å². The van der Waals surface area contributed by atoms with E-state index >= 15 is 0 Å². The van der Waals surface area contributed by atoms with Crippen molar-refractivity contribution in [2.45, 2.75) is 37.5 Å². The van der Waals surface area contributed by atoms with Gasteiger partial charge in [-0.2, -0.15) is 0 Å². The molecule has 0 unspecified atom stereocenters. The van der Waals surface area contributed by atoms with Gasteiger partial charge in [0.15, 0.2) is 0 Å². The largest absolute Gasteiger partial charge is 0.369 e. The predicted molar refractivity (Wildman–Crippen MR) is 85.5 cm³/mol. The number of nitrogens with two attached hydrogens (primary N) is 1. The summed E-state index contributed by atoms with van der Waals surface area (Å²) in [6, 6.07) is 7.64. The van der Waals surface area contributed by atoms with Gasteiger partial charge in [-0.1, -0.05) is 36.6 Å². The third-order valence-corrected chi connectivity index (χ3v) is 5.36. The Morgan fingerprint density at radius 2 is 2.00 bits per heavy atom. The van der Waals surface area contributed by atoms with Gasteiger partial charge < -0.3 is 10.6 Å². The van der Waals surface area contributed by atoms with Crippen LogP contribution < -0.4 is 5.73 Å². The van der Waals surface area contributed by atoms with E-state index in [0.29, 0.717) is 24.5 Å². The number of nitrogens with zero attached hydrogens (tertiary/aromatic N) is 1. The van der Waals surface area contributed by atoms with Crippen LogP contribution >= 0.6 is 11.6 Å². The molecule has 3 rings (SSSR count). The Balaban J connectivity index is 1.88. The second kappa shape index (κ2) is 5.92. The van der Waals surface area contributed by atoms with Gasteiger partial charge in [-0.25, -0.2) is 0 Å². The lowest BCUT2D eigenvalue weighted by Gasteiger charge is -2.33. The molecule has 1 saturated heterocycles. The molecule has 22 heavy (non-hydrogen) atoms. The molecule has 2 N–H and O–H groups in total. The van der Waals surface area contributed by atoms with Crippen LogP contribution in [0.5, 0.6) is 0 Å². The molecule has 2 amide bonds. The summed E-state index contributed by atoms with van der Waals surface area (Å²) in [4.78, 5) is 26.4. The lowest BCUT2D eigenvalue weighted by molar-refractivity contribution is -0.136. The number of likely N-dealkylation sites (tertiary alicyclic amines) is 1. The standard InChI is InChI=1S/C17H21ClN2O2/c18-14-5-3-4-13(10-14)17(7-1-2-8-17)16(22)20-9-6-12(11-20)15(19)21/h3-5,10,12H,1-2,6-9,11H2,(H2,19,21)/t12-/m1/s1. The predicted octanol–water partition coefficient (Wildman–Crippen LogP) is 2.49. The molecule has 1 atom stereocenters. The summed E-state index contributed by atoms with van der Waals surface area (Å²) in [7, 11) is 0. The summed E-state index contributed by atoms with van der Waals surface area (Å²) in [5.41, 5.74) is 5.91. The molecule has 0 bridgehead atoms. The molecule has 1 aliphatic carbocycles. The second-order valence-corrected chi connectivity index (χ2v) is 6.88. The lowest BCUT2D eigenvalue weighted by atomic mass is 9.77. The Morgan fingerprint density at radius 1 is 1.27 bits per heavy atom. The smallest absolute Gasteiger partial charge is 0.233 e. The monoisotopic (exact) mass is 320 g/mol. The van der Waals surface area contributed by atoms with Crippen LogP contribution in [0.25, 0.3) is 0 Å². The van der Waals surface area contributed by atoms with Crippen LogP contribution in [0.1, 0.15) is 37.7 Å². The van der Waals surface area contributed by atoms with Crippen LogP contribution in [0.4, 0.5) is 0 Å². The molecular weight excluding hydrogens is 300 g/mol. The first kappa shape index (κ1) is 15.3. The van der Waals surface area contributed by atoms with Crippen molar-refractivity contribution in [2.24, 2.45) is 11.7 Å². The number of hydrogen-bond donors (Lipinski definition) is 1. The summed E-state index contributed by atoms with van der Waals surface area (Å²) in [5, 5.41) is 0.660. The highest BCUT2D eigenvalue weighted by Gasteiger charge is 2.46. The van der Waals surface area contributed by atoms with Crippen molar-refractivity contribution in [3.63, 3.8) is 0 Å². The number of benzene rings is 1. The molecule has 1 aliphatic heterocycles. The Hall–Kier alpha value is -1.55. The highest BCUT2D eigenvalue weighted by atomic mass is 35.5. The fraction of sp³-hybridized carbons (Fsp3) is 0.529. The zero-order valence-electron chi connectivity index (χ0n) is 12.6. The topological polar surface area (TPSA) is 63.4 Å². The van der Waals surface area contributed by atoms with Gasteiger partial charge in [-0.15, -0.1) is 0 Å². The van der Waals surface area contributed by atoms with Crippen LogP contribution in [0.15, 0.2) is 24.3 Å². The number of carbonyl (C=O) groups excluding carboxylic acids is 2. The lowest BCUT2D eigenvalue weighted by Crippen LogP contribution is -2.45. The number of halogens is 1. The minimum absolute atomic E-state index is 0.135. The zero-order chi connectivity index (χ0) is 15.7. The number of rotatable bonds is 3. The SMILES string of the molecule is NC(=O)[C@@H]1CCN(C(=O)C2(c3cccc(Cl)c3)CCCC2)C1. The van der Waals surface area contributed by atoms with E-state index in [2.05, 4.69) is 0 Å². The van der Waals surface area contributed by atoms with Gasteiger partial charge in [0, 0.05) is 18.1 Å². The molecule has 0 radical (unpaired) electrons. The average Bonchev–Trinajstić information content (AvgIpc) is 3.17. The molecule has 1 heterocycles. The van der Waals surface area contributed by atoms with Crippen molar-refractivity contribution >= 4 is 23.4 Å². The average molecular weight is 321 g/mol. The Kier molecular flexibility index (Phi) is 4.13. The van der Waals surface area contributed by atoms with Gasteiger partial charge >= 0.3 is 0 Å². The fourth-order valence-electron chi connectivity index (χ4n) is 3.87. The summed E-state index contributed by atoms with van der Waals surface area (Å²) < 4.78 is 0. The quantitative estimate of drug-likeness (QED) is 0.930. The molecule has 0 aromatic heterocycles. The molecule has 1 aromatic carbocycles. The van der Waals surface area contributed by atoms with Gasteiger partial charge in [-0.05, 0) is 37.0 Å². The third-order valence-electron chi connectivity index (χ3n) is 5.12. The Bertz CT molecular complexity index is 596. The van der Waals surface area contributed by atoms with Crippen molar-refractivity contribution in [1.29, 1.82) is 0 Å². The molecule has 118 valence electrons. The van der Waals surface area contributed by atoms with Gasteiger partial charge in [0.05, 0.1) is 11.3 Å². The van der Waals surface area contributed by atoms with E-state index < -0.39 is 5.41 Å². The normalized spacial score (nSPS) is 23.7. The first-order chi connectivity index (χ1) is 10.5. The molecule has 1 aromatic rings. The second-order valence-electron chi connectivity index (χ2n) is 6.44. The maximum Gasteiger partial charge on any atom is 0.233 e. The first-order valence-corrected chi connectivity index (χ1v) is 8.25. The molecule has 0 spiro atoms. The van der Waals surface area contributed by atoms with E-state index in [4.69, 9.17) is 17.3 Å². The molecule has 4 nitrogen and oxygen atoms in total. The maximum absolute atomic E-state index is 13.2. The minimum Gasteiger partial charge on any atom is -0.369 e. The minimum atomic E-state index is -0.475. The van der Waals surface area contributed by atoms with E-state index in [0.717, 1.165) is 31.2 Å². The number of hydrogen-bond acceptors (Lipinski definition) is 2. The highest BCUT2D eigenvalue weighted by Crippen LogP contribution is 2.44. The molecule has 2 fully saturated rings. The highest BCUT2D eigenvalue weighted by molar-refractivity contribution is 6.30. The van der Waals surface area contributed by atoms with E-state index in [9.17, 15) is 9.59 Å². The molecule has 5 heteroatoms. The Morgan fingerprint density at radius 3 is 2.59 bits per heavy atom. The van der Waals surface area contributed by atoms with Crippen LogP contribution in [0.3, 0.4) is 0 Å². The molecule has 2 aliphatic rings. The number of carbonyl (C=O) groups is 2. The first-order valence-electron chi connectivity index (χ1n) is 7.88. The summed E-state index contributed by atoms with van der Waals surface area (Å²) in [6.45, 7) is 1.07. The van der Waals surface area contributed by atoms with E-state index in [1.54, 1.807) is 0 Å². The van der Waals surface area contributed by atoms with Crippen molar-refractivity contribution in [2.75, 3.05) is 13.1 Å². The fourth-order valence-corrected chi connectivity index (χ4v) is 4.06. The number of primary amides is 1. The molecular formula is C17H21ClN2O2. The van der Waals surface area contributed by atoms with Crippen molar-refractivity contribution in [3.8, 4) is 0 Å². The van der Waals surface area contributed by atoms with Gasteiger partial charge in [0.2, 0.25) is 11.8 Å². The molecule has 1 saturated carbocycles. The van der Waals surface area contributed by atoms with E-state index in [1.807, 2.05) is 29.2 Å². The van der Waals surface area contributed by atoms with Crippen LogP contribution in [-0.4, -0.2) is 29.8 Å². The summed E-state index contributed by atoms with van der Waals surface area (Å²) in [6.07, 6.45) is 4.47. The summed E-state index contributed by atoms with van der Waals surface area (Å²) in [5.74, 6) is -0.378. The van der Waals surface area contributed by atoms with Crippen LogP contribution in [0, 0.1) is 5.92 Å². The van der Waals surface area contributed by atoms with E-state index in [-0.39, 0.29) is 17.7 Å². The number of amides is 2. The maximum atomic E-state index is 13.2. The third kappa shape index (κ3) is 2.60. The van der Waals surface area contributed by atoms with Crippen molar-refractivity contribution in [1.82, 2.24) is 4.90 Å². The van der Waals surface area contributed by atoms with Gasteiger partial charge in [-0.3, -0.25) is 9.59 Å². The zero-order valence-corrected chi connectivity index (χ0v) is 13.3. The van der Waals surface area contributed by atoms with Gasteiger partial charge in [0.1, 0.15) is 0 Å². The van der Waals surface area contributed by atoms with Crippen molar-refractivity contribution < 1.29 is 9.59 Å². The van der Waals surface area contributed by atoms with Crippen LogP contribution in [0.2, 0.25) is 5.02 Å². The van der Waals surface area contributed by atoms with Gasteiger partial charge in [0.25, 0.3) is 0 Å². The van der Waals surface area contributed by atoms with Crippen molar-refractivity contribution in [3.05, 3.63) is 34.9 Å².